The van der Waals surface area contributed by atoms with E-state index in [1.807, 2.05) is 18.0 Å². The van der Waals surface area contributed by atoms with Crippen molar-refractivity contribution in [1.29, 1.82) is 0 Å². The molecule has 5 nitrogen and oxygen atoms in total. The monoisotopic (exact) mass is 289 g/mol. The number of nitro benzene ring substituents is 1. The molecule has 0 bridgehead atoms. The molecule has 6 heteroatoms. The number of benzene rings is 2. The van der Waals surface area contributed by atoms with Gasteiger partial charge in [-0.05, 0) is 18.2 Å². The summed E-state index contributed by atoms with van der Waals surface area (Å²) < 4.78 is 13.3. The van der Waals surface area contributed by atoms with E-state index < -0.39 is 4.92 Å². The molecule has 110 valence electrons. The molecule has 1 N–H and O–H groups in total. The van der Waals surface area contributed by atoms with E-state index in [0.29, 0.717) is 17.9 Å². The number of para-hydroxylation sites is 1. The van der Waals surface area contributed by atoms with Crippen LogP contribution < -0.4 is 10.2 Å². The van der Waals surface area contributed by atoms with Gasteiger partial charge < -0.3 is 10.2 Å². The number of hydrogen-bond donors (Lipinski definition) is 1. The molecular formula is C15H16FN3O2. The third-order valence-corrected chi connectivity index (χ3v) is 3.23. The van der Waals surface area contributed by atoms with E-state index in [2.05, 4.69) is 5.32 Å². The maximum Gasteiger partial charge on any atom is 0.292 e. The molecule has 0 aromatic heterocycles. The van der Waals surface area contributed by atoms with Crippen LogP contribution in [0, 0.1) is 15.9 Å². The van der Waals surface area contributed by atoms with Crippen molar-refractivity contribution in [3.63, 3.8) is 0 Å². The standard InChI is InChI=1S/C15H16FN3O2/c1-17-15-11(5-3-8-14(15)19(20)21)10-18(2)13-7-4-6-12(16)9-13/h3-9,17H,10H2,1-2H3. The molecule has 2 aromatic carbocycles. The van der Waals surface area contributed by atoms with Gasteiger partial charge in [0.1, 0.15) is 11.5 Å². The molecular weight excluding hydrogens is 273 g/mol. The fourth-order valence-electron chi connectivity index (χ4n) is 2.22. The van der Waals surface area contributed by atoms with Crippen LogP contribution in [0.25, 0.3) is 0 Å². The Morgan fingerprint density at radius 1 is 1.29 bits per heavy atom. The number of nitro groups is 1. The molecule has 0 spiro atoms. The largest absolute Gasteiger partial charge is 0.382 e. The molecule has 0 saturated heterocycles. The molecule has 0 atom stereocenters. The Bertz CT molecular complexity index is 661. The Hall–Kier alpha value is -2.63. The van der Waals surface area contributed by atoms with E-state index in [4.69, 9.17) is 0 Å². The number of hydrogen-bond acceptors (Lipinski definition) is 4. The van der Waals surface area contributed by atoms with Crippen molar-refractivity contribution >= 4 is 17.1 Å². The minimum atomic E-state index is -0.419. The second-order valence-electron chi connectivity index (χ2n) is 4.65. The molecule has 2 rings (SSSR count). The van der Waals surface area contributed by atoms with E-state index in [9.17, 15) is 14.5 Å². The number of anilines is 2. The van der Waals surface area contributed by atoms with Gasteiger partial charge in [-0.1, -0.05) is 18.2 Å². The van der Waals surface area contributed by atoms with Crippen LogP contribution in [0.15, 0.2) is 42.5 Å². The van der Waals surface area contributed by atoms with Crippen molar-refractivity contribution in [2.24, 2.45) is 0 Å². The molecule has 21 heavy (non-hydrogen) atoms. The summed E-state index contributed by atoms with van der Waals surface area (Å²) in [4.78, 5) is 12.5. The van der Waals surface area contributed by atoms with Crippen molar-refractivity contribution in [3.8, 4) is 0 Å². The third-order valence-electron chi connectivity index (χ3n) is 3.23. The van der Waals surface area contributed by atoms with Crippen molar-refractivity contribution in [2.75, 3.05) is 24.3 Å². The summed E-state index contributed by atoms with van der Waals surface area (Å²) in [5.74, 6) is -0.313. The fourth-order valence-corrected chi connectivity index (χ4v) is 2.22. The molecule has 0 aliphatic heterocycles. The van der Waals surface area contributed by atoms with Crippen molar-refractivity contribution < 1.29 is 9.31 Å². The zero-order valence-electron chi connectivity index (χ0n) is 11.8. The summed E-state index contributed by atoms with van der Waals surface area (Å²) in [5, 5.41) is 13.9. The highest BCUT2D eigenvalue weighted by Crippen LogP contribution is 2.29. The molecule has 0 unspecified atom stereocenters. The van der Waals surface area contributed by atoms with E-state index in [1.54, 1.807) is 25.2 Å². The fraction of sp³-hybridized carbons (Fsp3) is 0.200. The molecule has 0 amide bonds. The van der Waals surface area contributed by atoms with Crippen LogP contribution in [-0.4, -0.2) is 19.0 Å². The molecule has 0 aliphatic rings. The van der Waals surface area contributed by atoms with E-state index >= 15 is 0 Å². The van der Waals surface area contributed by atoms with Crippen LogP contribution in [0.3, 0.4) is 0 Å². The number of nitrogens with zero attached hydrogens (tertiary/aromatic N) is 2. The Morgan fingerprint density at radius 3 is 2.62 bits per heavy atom. The van der Waals surface area contributed by atoms with Crippen LogP contribution in [0.4, 0.5) is 21.5 Å². The SMILES string of the molecule is CNc1c(CN(C)c2cccc(F)c2)cccc1[N+](=O)[O-]. The minimum Gasteiger partial charge on any atom is -0.382 e. The lowest BCUT2D eigenvalue weighted by Crippen LogP contribution is -2.17. The van der Waals surface area contributed by atoms with Crippen LogP contribution in [0.1, 0.15) is 5.56 Å². The van der Waals surface area contributed by atoms with Gasteiger partial charge in [0.25, 0.3) is 5.69 Å². The van der Waals surface area contributed by atoms with Crippen molar-refractivity contribution in [1.82, 2.24) is 0 Å². The first-order valence-electron chi connectivity index (χ1n) is 6.43. The Kier molecular flexibility index (Phi) is 4.37. The summed E-state index contributed by atoms with van der Waals surface area (Å²) in [6.07, 6.45) is 0. The minimum absolute atomic E-state index is 0.0302. The lowest BCUT2D eigenvalue weighted by atomic mass is 10.1. The molecule has 0 saturated carbocycles. The highest BCUT2D eigenvalue weighted by atomic mass is 19.1. The molecule has 0 radical (unpaired) electrons. The van der Waals surface area contributed by atoms with E-state index in [-0.39, 0.29) is 11.5 Å². The van der Waals surface area contributed by atoms with E-state index in [0.717, 1.165) is 5.56 Å². The van der Waals surface area contributed by atoms with Gasteiger partial charge in [0.15, 0.2) is 0 Å². The number of halogens is 1. The van der Waals surface area contributed by atoms with Crippen molar-refractivity contribution in [2.45, 2.75) is 6.54 Å². The second-order valence-corrected chi connectivity index (χ2v) is 4.65. The normalized spacial score (nSPS) is 10.2. The van der Waals surface area contributed by atoms with Gasteiger partial charge in [-0.3, -0.25) is 10.1 Å². The summed E-state index contributed by atoms with van der Waals surface area (Å²) in [6, 6.07) is 11.1. The van der Waals surface area contributed by atoms with Gasteiger partial charge in [0, 0.05) is 38.0 Å². The van der Waals surface area contributed by atoms with E-state index in [1.165, 1.54) is 18.2 Å². The Labute approximate surface area is 122 Å². The molecule has 0 heterocycles. The van der Waals surface area contributed by atoms with Gasteiger partial charge in [-0.15, -0.1) is 0 Å². The highest BCUT2D eigenvalue weighted by Gasteiger charge is 2.17. The maximum absolute atomic E-state index is 13.3. The number of nitrogens with one attached hydrogen (secondary N) is 1. The molecule has 0 aliphatic carbocycles. The lowest BCUT2D eigenvalue weighted by molar-refractivity contribution is -0.384. The quantitative estimate of drug-likeness (QED) is 0.677. The predicted octanol–water partition coefficient (Wildman–Crippen LogP) is 3.41. The van der Waals surface area contributed by atoms with Gasteiger partial charge in [-0.25, -0.2) is 4.39 Å². The summed E-state index contributed by atoms with van der Waals surface area (Å²) in [7, 11) is 3.46. The topological polar surface area (TPSA) is 58.4 Å². The van der Waals surface area contributed by atoms with Gasteiger partial charge in [0.05, 0.1) is 4.92 Å². The van der Waals surface area contributed by atoms with Crippen LogP contribution in [0.2, 0.25) is 0 Å². The van der Waals surface area contributed by atoms with Gasteiger partial charge in [-0.2, -0.15) is 0 Å². The first-order valence-corrected chi connectivity index (χ1v) is 6.43. The zero-order chi connectivity index (χ0) is 15.4. The average Bonchev–Trinajstić information content (AvgIpc) is 2.46. The average molecular weight is 289 g/mol. The smallest absolute Gasteiger partial charge is 0.292 e. The Balaban J connectivity index is 2.31. The van der Waals surface area contributed by atoms with Gasteiger partial charge in [0.2, 0.25) is 0 Å². The van der Waals surface area contributed by atoms with Crippen LogP contribution >= 0.6 is 0 Å². The van der Waals surface area contributed by atoms with Crippen LogP contribution in [0.5, 0.6) is 0 Å². The summed E-state index contributed by atoms with van der Waals surface area (Å²) >= 11 is 0. The molecule has 0 fully saturated rings. The number of rotatable bonds is 5. The summed E-state index contributed by atoms with van der Waals surface area (Å²) in [5.41, 5.74) is 2.00. The lowest BCUT2D eigenvalue weighted by Gasteiger charge is -2.21. The Morgan fingerprint density at radius 2 is 2.00 bits per heavy atom. The zero-order valence-corrected chi connectivity index (χ0v) is 11.8. The predicted molar refractivity (Wildman–Crippen MR) is 81.2 cm³/mol. The molecule has 2 aromatic rings. The highest BCUT2D eigenvalue weighted by molar-refractivity contribution is 5.67. The maximum atomic E-state index is 13.3. The van der Waals surface area contributed by atoms with Crippen molar-refractivity contribution in [3.05, 3.63) is 64.0 Å². The van der Waals surface area contributed by atoms with Gasteiger partial charge >= 0.3 is 0 Å². The first kappa shape index (κ1) is 14.8. The third kappa shape index (κ3) is 3.28. The van der Waals surface area contributed by atoms with Crippen LogP contribution in [-0.2, 0) is 6.54 Å². The second kappa shape index (κ2) is 6.21. The first-order chi connectivity index (χ1) is 10.0. The summed E-state index contributed by atoms with van der Waals surface area (Å²) in [6.45, 7) is 0.432.